The monoisotopic (exact) mass is 223 g/mol. The van der Waals surface area contributed by atoms with Gasteiger partial charge in [0.25, 0.3) is 0 Å². The molecule has 92 valence electrons. The van der Waals surface area contributed by atoms with E-state index >= 15 is 0 Å². The van der Waals surface area contributed by atoms with Crippen molar-refractivity contribution in [1.82, 2.24) is 9.80 Å². The second-order valence-electron chi connectivity index (χ2n) is 6.11. The lowest BCUT2D eigenvalue weighted by molar-refractivity contribution is 0.0707. The van der Waals surface area contributed by atoms with Crippen molar-refractivity contribution in [3.8, 4) is 6.19 Å². The normalized spacial score (nSPS) is 24.3. The summed E-state index contributed by atoms with van der Waals surface area (Å²) >= 11 is 0. The maximum absolute atomic E-state index is 9.08. The zero-order valence-corrected chi connectivity index (χ0v) is 11.3. The van der Waals surface area contributed by atoms with Gasteiger partial charge in [-0.1, -0.05) is 20.8 Å². The Balaban J connectivity index is 2.88. The highest BCUT2D eigenvalue weighted by atomic mass is 15.3. The van der Waals surface area contributed by atoms with Gasteiger partial charge in [0, 0.05) is 31.7 Å². The molecule has 16 heavy (non-hydrogen) atoms. The number of nitrogens with zero attached hydrogens (tertiary/aromatic N) is 3. The highest BCUT2D eigenvalue weighted by Gasteiger charge is 2.34. The number of nitriles is 1. The Labute approximate surface area is 100 Å². The Morgan fingerprint density at radius 2 is 1.88 bits per heavy atom. The number of rotatable bonds is 1. The molecule has 1 aliphatic rings. The molecule has 1 fully saturated rings. The van der Waals surface area contributed by atoms with Gasteiger partial charge in [-0.15, -0.1) is 0 Å². The van der Waals surface area contributed by atoms with Gasteiger partial charge >= 0.3 is 0 Å². The van der Waals surface area contributed by atoms with Gasteiger partial charge in [-0.3, -0.25) is 4.90 Å². The average Bonchev–Trinajstić information content (AvgIpc) is 2.38. The molecule has 0 amide bonds. The minimum atomic E-state index is 0.226. The van der Waals surface area contributed by atoms with Crippen LogP contribution >= 0.6 is 0 Å². The van der Waals surface area contributed by atoms with Crippen LogP contribution in [0.4, 0.5) is 0 Å². The van der Waals surface area contributed by atoms with Gasteiger partial charge in [-0.25, -0.2) is 0 Å². The molecule has 0 unspecified atom stereocenters. The van der Waals surface area contributed by atoms with E-state index in [2.05, 4.69) is 45.7 Å². The van der Waals surface area contributed by atoms with Gasteiger partial charge in [0.05, 0.1) is 0 Å². The molecule has 1 atom stereocenters. The average molecular weight is 223 g/mol. The standard InChI is InChI=1S/C13H25N3/c1-11(2)16-8-6-7-15(10-14)9-12(16)13(3,4)5/h11-12H,6-9H2,1-5H3/t12-/m0/s1. The Hall–Kier alpha value is -0.750. The quantitative estimate of drug-likeness (QED) is 0.639. The van der Waals surface area contributed by atoms with Crippen LogP contribution in [0.15, 0.2) is 0 Å². The third-order valence-corrected chi connectivity index (χ3v) is 3.44. The minimum absolute atomic E-state index is 0.226. The third-order valence-electron chi connectivity index (χ3n) is 3.44. The summed E-state index contributed by atoms with van der Waals surface area (Å²) in [6, 6.07) is 1.03. The van der Waals surface area contributed by atoms with Crippen molar-refractivity contribution in [2.75, 3.05) is 19.6 Å². The molecule has 3 heteroatoms. The molecule has 3 nitrogen and oxygen atoms in total. The number of hydrogen-bond acceptors (Lipinski definition) is 3. The van der Waals surface area contributed by atoms with Crippen LogP contribution in [0.2, 0.25) is 0 Å². The molecule has 1 saturated heterocycles. The van der Waals surface area contributed by atoms with Gasteiger partial charge in [0.15, 0.2) is 6.19 Å². The van der Waals surface area contributed by atoms with E-state index in [4.69, 9.17) is 5.26 Å². The maximum atomic E-state index is 9.08. The van der Waals surface area contributed by atoms with Gasteiger partial charge in [-0.2, -0.15) is 5.26 Å². The molecule has 0 aromatic heterocycles. The topological polar surface area (TPSA) is 30.3 Å². The van der Waals surface area contributed by atoms with Gasteiger partial charge < -0.3 is 4.90 Å². The summed E-state index contributed by atoms with van der Waals surface area (Å²) in [6.07, 6.45) is 3.41. The molecular weight excluding hydrogens is 198 g/mol. The van der Waals surface area contributed by atoms with Crippen molar-refractivity contribution in [2.45, 2.75) is 53.1 Å². The summed E-state index contributed by atoms with van der Waals surface area (Å²) < 4.78 is 0. The first-order valence-corrected chi connectivity index (χ1v) is 6.26. The van der Waals surface area contributed by atoms with Crippen molar-refractivity contribution < 1.29 is 0 Å². The van der Waals surface area contributed by atoms with Gasteiger partial charge in [-0.05, 0) is 25.7 Å². The fraction of sp³-hybridized carbons (Fsp3) is 0.923. The van der Waals surface area contributed by atoms with Crippen LogP contribution in [0.1, 0.15) is 41.0 Å². The van der Waals surface area contributed by atoms with Crippen LogP contribution in [0.5, 0.6) is 0 Å². The zero-order chi connectivity index (χ0) is 12.3. The SMILES string of the molecule is CC(C)N1CCCN(C#N)C[C@H]1C(C)(C)C. The number of hydrogen-bond donors (Lipinski definition) is 0. The molecule has 1 rings (SSSR count). The summed E-state index contributed by atoms with van der Waals surface area (Å²) in [5.74, 6) is 0. The first-order valence-electron chi connectivity index (χ1n) is 6.26. The van der Waals surface area contributed by atoms with Crippen molar-refractivity contribution >= 4 is 0 Å². The van der Waals surface area contributed by atoms with Crippen LogP contribution in [0, 0.1) is 16.9 Å². The fourth-order valence-electron chi connectivity index (χ4n) is 2.49. The Kier molecular flexibility index (Phi) is 4.21. The van der Waals surface area contributed by atoms with E-state index in [1.54, 1.807) is 0 Å². The largest absolute Gasteiger partial charge is 0.309 e. The third kappa shape index (κ3) is 3.12. The molecule has 0 aromatic rings. The maximum Gasteiger partial charge on any atom is 0.179 e. The molecule has 0 bridgehead atoms. The minimum Gasteiger partial charge on any atom is -0.309 e. The van der Waals surface area contributed by atoms with Gasteiger partial charge in [0.1, 0.15) is 0 Å². The van der Waals surface area contributed by atoms with E-state index in [-0.39, 0.29) is 5.41 Å². The summed E-state index contributed by atoms with van der Waals surface area (Å²) in [5.41, 5.74) is 0.226. The van der Waals surface area contributed by atoms with Crippen LogP contribution in [0.3, 0.4) is 0 Å². The summed E-state index contributed by atoms with van der Waals surface area (Å²) in [4.78, 5) is 4.47. The van der Waals surface area contributed by atoms with Crippen LogP contribution < -0.4 is 0 Å². The van der Waals surface area contributed by atoms with E-state index in [9.17, 15) is 0 Å². The fourth-order valence-corrected chi connectivity index (χ4v) is 2.49. The smallest absolute Gasteiger partial charge is 0.179 e. The highest BCUT2D eigenvalue weighted by Crippen LogP contribution is 2.28. The van der Waals surface area contributed by atoms with E-state index < -0.39 is 0 Å². The summed E-state index contributed by atoms with van der Waals surface area (Å²) in [6.45, 7) is 14.2. The predicted octanol–water partition coefficient (Wildman–Crippen LogP) is 2.30. The Morgan fingerprint density at radius 3 is 2.31 bits per heavy atom. The van der Waals surface area contributed by atoms with E-state index in [1.807, 2.05) is 4.90 Å². The summed E-state index contributed by atoms with van der Waals surface area (Å²) in [7, 11) is 0. The lowest BCUT2D eigenvalue weighted by atomic mass is 9.85. The molecule has 0 aliphatic carbocycles. The van der Waals surface area contributed by atoms with Crippen molar-refractivity contribution in [2.24, 2.45) is 5.41 Å². The lowest BCUT2D eigenvalue weighted by Gasteiger charge is -2.41. The zero-order valence-electron chi connectivity index (χ0n) is 11.3. The van der Waals surface area contributed by atoms with E-state index in [0.29, 0.717) is 12.1 Å². The second kappa shape index (κ2) is 5.05. The first kappa shape index (κ1) is 13.3. The molecule has 0 N–H and O–H groups in total. The molecule has 0 radical (unpaired) electrons. The lowest BCUT2D eigenvalue weighted by Crippen LogP contribution is -2.50. The molecule has 1 heterocycles. The van der Waals surface area contributed by atoms with E-state index in [0.717, 1.165) is 26.1 Å². The Morgan fingerprint density at radius 1 is 1.25 bits per heavy atom. The van der Waals surface area contributed by atoms with E-state index in [1.165, 1.54) is 0 Å². The second-order valence-corrected chi connectivity index (χ2v) is 6.11. The van der Waals surface area contributed by atoms with Crippen molar-refractivity contribution in [3.63, 3.8) is 0 Å². The van der Waals surface area contributed by atoms with Gasteiger partial charge in [0.2, 0.25) is 0 Å². The molecule has 0 spiro atoms. The van der Waals surface area contributed by atoms with Crippen LogP contribution in [-0.2, 0) is 0 Å². The molecule has 1 aliphatic heterocycles. The molecule has 0 saturated carbocycles. The Bertz CT molecular complexity index is 259. The predicted molar refractivity (Wildman–Crippen MR) is 66.9 cm³/mol. The van der Waals surface area contributed by atoms with Crippen LogP contribution in [0.25, 0.3) is 0 Å². The highest BCUT2D eigenvalue weighted by molar-refractivity contribution is 4.92. The van der Waals surface area contributed by atoms with Crippen molar-refractivity contribution in [1.29, 1.82) is 5.26 Å². The molecule has 0 aromatic carbocycles. The first-order chi connectivity index (χ1) is 7.36. The van der Waals surface area contributed by atoms with Crippen molar-refractivity contribution in [3.05, 3.63) is 0 Å². The molecular formula is C13H25N3. The summed E-state index contributed by atoms with van der Waals surface area (Å²) in [5, 5.41) is 9.08. The van der Waals surface area contributed by atoms with Crippen LogP contribution in [-0.4, -0.2) is 41.5 Å².